The fourth-order valence-corrected chi connectivity index (χ4v) is 0.931. The number of hydrogen-bond acceptors (Lipinski definition) is 5. The van der Waals surface area contributed by atoms with Gasteiger partial charge in [0.15, 0.2) is 0 Å². The molecule has 0 spiro atoms. The summed E-state index contributed by atoms with van der Waals surface area (Å²) in [5.74, 6) is -0.391. The molecule has 1 aromatic rings. The SMILES string of the molecule is N#Cc1ccnc([N+](=O)[O-])c1S. The zero-order chi connectivity index (χ0) is 9.14. The lowest BCUT2D eigenvalue weighted by atomic mass is 10.3. The van der Waals surface area contributed by atoms with Gasteiger partial charge in [0.25, 0.3) is 0 Å². The molecule has 1 rings (SSSR count). The summed E-state index contributed by atoms with van der Waals surface area (Å²) in [7, 11) is 0. The molecule has 0 fully saturated rings. The summed E-state index contributed by atoms with van der Waals surface area (Å²) in [6, 6.07) is 3.14. The van der Waals surface area contributed by atoms with Gasteiger partial charge in [0, 0.05) is 6.07 Å². The van der Waals surface area contributed by atoms with E-state index in [1.54, 1.807) is 6.07 Å². The van der Waals surface area contributed by atoms with E-state index in [4.69, 9.17) is 5.26 Å². The van der Waals surface area contributed by atoms with Gasteiger partial charge in [-0.3, -0.25) is 0 Å². The molecule has 0 aliphatic carbocycles. The van der Waals surface area contributed by atoms with Crippen molar-refractivity contribution in [2.75, 3.05) is 0 Å². The molecule has 60 valence electrons. The minimum absolute atomic E-state index is 0.00463. The van der Waals surface area contributed by atoms with E-state index in [9.17, 15) is 10.1 Å². The third kappa shape index (κ3) is 1.35. The normalized spacial score (nSPS) is 9.00. The van der Waals surface area contributed by atoms with Crippen LogP contribution in [0.25, 0.3) is 0 Å². The Hall–Kier alpha value is -1.61. The van der Waals surface area contributed by atoms with Crippen molar-refractivity contribution in [2.45, 2.75) is 4.90 Å². The number of rotatable bonds is 1. The number of aromatic nitrogens is 1. The lowest BCUT2D eigenvalue weighted by Gasteiger charge is -1.95. The molecule has 5 nitrogen and oxygen atoms in total. The third-order valence-electron chi connectivity index (χ3n) is 1.20. The Balaban J connectivity index is 3.35. The van der Waals surface area contributed by atoms with Crippen LogP contribution in [-0.4, -0.2) is 9.91 Å². The second-order valence-electron chi connectivity index (χ2n) is 1.90. The van der Waals surface area contributed by atoms with E-state index in [2.05, 4.69) is 17.6 Å². The minimum atomic E-state index is -0.677. The Morgan fingerprint density at radius 2 is 2.42 bits per heavy atom. The Bertz CT molecular complexity index is 372. The van der Waals surface area contributed by atoms with Crippen molar-refractivity contribution in [3.05, 3.63) is 27.9 Å². The van der Waals surface area contributed by atoms with Crippen molar-refractivity contribution in [2.24, 2.45) is 0 Å². The molecule has 0 unspecified atom stereocenters. The second kappa shape index (κ2) is 3.19. The molecular weight excluding hydrogens is 178 g/mol. The van der Waals surface area contributed by atoms with Crippen molar-refractivity contribution in [1.82, 2.24) is 4.98 Å². The molecule has 0 aliphatic heterocycles. The highest BCUT2D eigenvalue weighted by molar-refractivity contribution is 7.80. The molecule has 0 bridgehead atoms. The van der Waals surface area contributed by atoms with Crippen LogP contribution >= 0.6 is 12.6 Å². The molecule has 0 atom stereocenters. The van der Waals surface area contributed by atoms with E-state index in [0.29, 0.717) is 0 Å². The summed E-state index contributed by atoms with van der Waals surface area (Å²) in [6.07, 6.45) is 1.20. The van der Waals surface area contributed by atoms with Crippen molar-refractivity contribution >= 4 is 18.4 Å². The number of nitriles is 1. The van der Waals surface area contributed by atoms with Crippen molar-refractivity contribution in [3.8, 4) is 6.07 Å². The second-order valence-corrected chi connectivity index (χ2v) is 2.35. The highest BCUT2D eigenvalue weighted by Gasteiger charge is 2.15. The standard InChI is InChI=1S/C6H3N3O2S/c7-3-4-1-2-8-6(5(4)12)9(10)11/h1-2,12H. The van der Waals surface area contributed by atoms with E-state index in [-0.39, 0.29) is 10.5 Å². The number of nitro groups is 1. The summed E-state index contributed by atoms with van der Waals surface area (Å²) < 4.78 is 0. The van der Waals surface area contributed by atoms with Crippen LogP contribution in [0.15, 0.2) is 17.2 Å². The Morgan fingerprint density at radius 3 is 2.92 bits per heavy atom. The zero-order valence-electron chi connectivity index (χ0n) is 5.76. The monoisotopic (exact) mass is 181 g/mol. The van der Waals surface area contributed by atoms with Gasteiger partial charge < -0.3 is 10.1 Å². The predicted molar refractivity (Wildman–Crippen MR) is 42.9 cm³/mol. The van der Waals surface area contributed by atoms with Crippen molar-refractivity contribution in [1.29, 1.82) is 5.26 Å². The van der Waals surface area contributed by atoms with Gasteiger partial charge in [-0.1, -0.05) is 0 Å². The largest absolute Gasteiger partial charge is 0.378 e. The average Bonchev–Trinajstić information content (AvgIpc) is 2.04. The number of hydrogen-bond donors (Lipinski definition) is 1. The molecule has 6 heteroatoms. The summed E-state index contributed by atoms with van der Waals surface area (Å²) in [5.41, 5.74) is 0.153. The summed E-state index contributed by atoms with van der Waals surface area (Å²) in [5, 5.41) is 18.8. The van der Waals surface area contributed by atoms with Crippen LogP contribution in [0.3, 0.4) is 0 Å². The van der Waals surface area contributed by atoms with Crippen molar-refractivity contribution in [3.63, 3.8) is 0 Å². The molecule has 0 radical (unpaired) electrons. The maximum absolute atomic E-state index is 10.3. The Kier molecular flexibility index (Phi) is 2.26. The fraction of sp³-hybridized carbons (Fsp3) is 0. The lowest BCUT2D eigenvalue weighted by molar-refractivity contribution is -0.392. The first kappa shape index (κ1) is 8.49. The minimum Gasteiger partial charge on any atom is -0.358 e. The number of thiol groups is 1. The fourth-order valence-electron chi connectivity index (χ4n) is 0.667. The number of pyridine rings is 1. The maximum Gasteiger partial charge on any atom is 0.378 e. The maximum atomic E-state index is 10.3. The van der Waals surface area contributed by atoms with Gasteiger partial charge in [-0.15, -0.1) is 12.6 Å². The molecule has 1 heterocycles. The van der Waals surface area contributed by atoms with Crippen LogP contribution in [-0.2, 0) is 0 Å². The summed E-state index contributed by atoms with van der Waals surface area (Å²) in [4.78, 5) is 13.1. The topological polar surface area (TPSA) is 79.8 Å². The van der Waals surface area contributed by atoms with Crippen LogP contribution in [0.5, 0.6) is 0 Å². The molecule has 0 amide bonds. The van der Waals surface area contributed by atoms with Gasteiger partial charge in [-0.25, -0.2) is 0 Å². The Morgan fingerprint density at radius 1 is 1.75 bits per heavy atom. The molecule has 12 heavy (non-hydrogen) atoms. The Labute approximate surface area is 73.2 Å². The molecule has 0 saturated heterocycles. The van der Waals surface area contributed by atoms with Crippen molar-refractivity contribution < 1.29 is 4.92 Å². The first-order valence-corrected chi connectivity index (χ1v) is 3.34. The predicted octanol–water partition coefficient (Wildman–Crippen LogP) is 1.15. The first-order valence-electron chi connectivity index (χ1n) is 2.89. The smallest absolute Gasteiger partial charge is 0.358 e. The van der Waals surface area contributed by atoms with Gasteiger partial charge in [0.1, 0.15) is 17.2 Å². The lowest BCUT2D eigenvalue weighted by Crippen LogP contribution is -1.94. The molecule has 0 N–H and O–H groups in total. The summed E-state index contributed by atoms with van der Waals surface area (Å²) >= 11 is 3.80. The average molecular weight is 181 g/mol. The van der Waals surface area contributed by atoms with E-state index in [1.807, 2.05) is 0 Å². The zero-order valence-corrected chi connectivity index (χ0v) is 6.65. The summed E-state index contributed by atoms with van der Waals surface area (Å²) in [6.45, 7) is 0. The van der Waals surface area contributed by atoms with Gasteiger partial charge in [0.05, 0.1) is 5.56 Å². The quantitative estimate of drug-likeness (QED) is 0.400. The molecule has 0 saturated carbocycles. The van der Waals surface area contributed by atoms with Gasteiger partial charge in [-0.05, 0) is 9.91 Å². The molecule has 0 aliphatic rings. The van der Waals surface area contributed by atoms with E-state index in [1.165, 1.54) is 12.3 Å². The van der Waals surface area contributed by atoms with E-state index in [0.717, 1.165) is 0 Å². The molecular formula is C6H3N3O2S. The highest BCUT2D eigenvalue weighted by Crippen LogP contribution is 2.22. The van der Waals surface area contributed by atoms with Gasteiger partial charge >= 0.3 is 5.82 Å². The van der Waals surface area contributed by atoms with Gasteiger partial charge in [0.2, 0.25) is 0 Å². The van der Waals surface area contributed by atoms with E-state index < -0.39 is 10.7 Å². The molecule has 0 aromatic carbocycles. The molecule has 1 aromatic heterocycles. The first-order chi connectivity index (χ1) is 5.66. The van der Waals surface area contributed by atoms with Crippen LogP contribution in [0.4, 0.5) is 5.82 Å². The van der Waals surface area contributed by atoms with E-state index >= 15 is 0 Å². The van der Waals surface area contributed by atoms with Crippen LogP contribution in [0.2, 0.25) is 0 Å². The van der Waals surface area contributed by atoms with Crippen LogP contribution in [0, 0.1) is 21.4 Å². The third-order valence-corrected chi connectivity index (χ3v) is 1.64. The van der Waals surface area contributed by atoms with Crippen LogP contribution in [0.1, 0.15) is 5.56 Å². The highest BCUT2D eigenvalue weighted by atomic mass is 32.1. The van der Waals surface area contributed by atoms with Gasteiger partial charge in [-0.2, -0.15) is 5.26 Å². The number of nitrogens with zero attached hydrogens (tertiary/aromatic N) is 3. The van der Waals surface area contributed by atoms with Crippen LogP contribution < -0.4 is 0 Å².